The number of anilines is 1. The van der Waals surface area contributed by atoms with Gasteiger partial charge >= 0.3 is 0 Å². The minimum absolute atomic E-state index is 0.0892. The first-order valence-corrected chi connectivity index (χ1v) is 8.34. The smallest absolute Gasteiger partial charge is 0.225 e. The lowest BCUT2D eigenvalue weighted by Gasteiger charge is -2.24. The van der Waals surface area contributed by atoms with E-state index in [-0.39, 0.29) is 24.0 Å². The standard InChI is InChI=1S/C16H24N4O3/c1-12(21)17-15-6-8-20(18-15)13-5-7-19(11-13)16(22)10-14-4-2-3-9-23-14/h6,8,13-14H,2-5,7,9-11H2,1H3,(H,17,18,21)/t13-,14+/m1/s1. The second-order valence-electron chi connectivity index (χ2n) is 6.34. The van der Waals surface area contributed by atoms with Crippen molar-refractivity contribution in [1.29, 1.82) is 0 Å². The molecule has 2 fully saturated rings. The number of amides is 2. The predicted molar refractivity (Wildman–Crippen MR) is 85.0 cm³/mol. The summed E-state index contributed by atoms with van der Waals surface area (Å²) in [7, 11) is 0. The molecular weight excluding hydrogens is 296 g/mol. The zero-order valence-electron chi connectivity index (χ0n) is 13.5. The summed E-state index contributed by atoms with van der Waals surface area (Å²) in [6.07, 6.45) is 6.57. The van der Waals surface area contributed by atoms with Crippen LogP contribution in [0.3, 0.4) is 0 Å². The number of nitrogens with zero attached hydrogens (tertiary/aromatic N) is 3. The summed E-state index contributed by atoms with van der Waals surface area (Å²) >= 11 is 0. The van der Waals surface area contributed by atoms with Crippen LogP contribution in [-0.4, -0.2) is 52.3 Å². The first-order chi connectivity index (χ1) is 11.1. The topological polar surface area (TPSA) is 76.5 Å². The van der Waals surface area contributed by atoms with Crippen molar-refractivity contribution in [2.24, 2.45) is 0 Å². The van der Waals surface area contributed by atoms with E-state index in [1.807, 2.05) is 15.8 Å². The van der Waals surface area contributed by atoms with Gasteiger partial charge in [0.1, 0.15) is 0 Å². The highest BCUT2D eigenvalue weighted by Gasteiger charge is 2.29. The fraction of sp³-hybridized carbons (Fsp3) is 0.688. The van der Waals surface area contributed by atoms with Crippen LogP contribution in [-0.2, 0) is 14.3 Å². The minimum Gasteiger partial charge on any atom is -0.378 e. The van der Waals surface area contributed by atoms with Crippen molar-refractivity contribution in [2.75, 3.05) is 25.0 Å². The fourth-order valence-electron chi connectivity index (χ4n) is 3.26. The van der Waals surface area contributed by atoms with Crippen LogP contribution < -0.4 is 5.32 Å². The van der Waals surface area contributed by atoms with Crippen molar-refractivity contribution in [3.63, 3.8) is 0 Å². The van der Waals surface area contributed by atoms with E-state index in [1.165, 1.54) is 6.92 Å². The van der Waals surface area contributed by atoms with Crippen LogP contribution in [0.1, 0.15) is 45.1 Å². The van der Waals surface area contributed by atoms with Crippen molar-refractivity contribution < 1.29 is 14.3 Å². The van der Waals surface area contributed by atoms with Crippen LogP contribution in [0.15, 0.2) is 12.3 Å². The third-order valence-electron chi connectivity index (χ3n) is 4.48. The molecule has 3 heterocycles. The van der Waals surface area contributed by atoms with E-state index in [0.29, 0.717) is 18.8 Å². The zero-order valence-corrected chi connectivity index (χ0v) is 13.5. The van der Waals surface area contributed by atoms with Crippen molar-refractivity contribution >= 4 is 17.6 Å². The Bertz CT molecular complexity index is 565. The number of carbonyl (C=O) groups is 2. The molecule has 23 heavy (non-hydrogen) atoms. The van der Waals surface area contributed by atoms with Crippen molar-refractivity contribution in [3.05, 3.63) is 12.3 Å². The second-order valence-corrected chi connectivity index (χ2v) is 6.34. The highest BCUT2D eigenvalue weighted by Crippen LogP contribution is 2.24. The van der Waals surface area contributed by atoms with Gasteiger partial charge in [0.25, 0.3) is 0 Å². The Labute approximate surface area is 136 Å². The normalized spacial score (nSPS) is 24.7. The SMILES string of the molecule is CC(=O)Nc1ccn([C@@H]2CCN(C(=O)C[C@@H]3CCCCO3)C2)n1. The third-order valence-corrected chi connectivity index (χ3v) is 4.48. The average Bonchev–Trinajstić information content (AvgIpc) is 3.16. The van der Waals surface area contributed by atoms with Gasteiger partial charge in [0.2, 0.25) is 11.8 Å². The summed E-state index contributed by atoms with van der Waals surface area (Å²) in [4.78, 5) is 25.4. The molecule has 0 aliphatic carbocycles. The summed E-state index contributed by atoms with van der Waals surface area (Å²) in [6.45, 7) is 3.67. The number of hydrogen-bond donors (Lipinski definition) is 1. The summed E-state index contributed by atoms with van der Waals surface area (Å²) in [5, 5.41) is 7.03. The predicted octanol–water partition coefficient (Wildman–Crippen LogP) is 1.57. The molecule has 7 nitrogen and oxygen atoms in total. The van der Waals surface area contributed by atoms with Gasteiger partial charge in [-0.1, -0.05) is 0 Å². The summed E-state index contributed by atoms with van der Waals surface area (Å²) < 4.78 is 7.50. The second kappa shape index (κ2) is 7.12. The largest absolute Gasteiger partial charge is 0.378 e. The number of ether oxygens (including phenoxy) is 1. The van der Waals surface area contributed by atoms with Crippen LogP contribution in [0.2, 0.25) is 0 Å². The van der Waals surface area contributed by atoms with E-state index in [0.717, 1.165) is 38.8 Å². The average molecular weight is 320 g/mol. The van der Waals surface area contributed by atoms with Crippen LogP contribution in [0.25, 0.3) is 0 Å². The first kappa shape index (κ1) is 16.0. The van der Waals surface area contributed by atoms with E-state index in [1.54, 1.807) is 6.07 Å². The lowest BCUT2D eigenvalue weighted by molar-refractivity contribution is -0.134. The van der Waals surface area contributed by atoms with Gasteiger partial charge in [-0.3, -0.25) is 14.3 Å². The Kier molecular flexibility index (Phi) is 4.95. The van der Waals surface area contributed by atoms with E-state index < -0.39 is 0 Å². The minimum atomic E-state index is -0.133. The molecule has 1 N–H and O–H groups in total. The highest BCUT2D eigenvalue weighted by molar-refractivity contribution is 5.87. The van der Waals surface area contributed by atoms with Gasteiger partial charge in [0.15, 0.2) is 5.82 Å². The van der Waals surface area contributed by atoms with Crippen LogP contribution >= 0.6 is 0 Å². The van der Waals surface area contributed by atoms with Crippen LogP contribution in [0.4, 0.5) is 5.82 Å². The third kappa shape index (κ3) is 4.10. The molecule has 0 saturated carbocycles. The Hall–Kier alpha value is -1.89. The maximum absolute atomic E-state index is 12.4. The van der Waals surface area contributed by atoms with E-state index >= 15 is 0 Å². The molecule has 2 saturated heterocycles. The van der Waals surface area contributed by atoms with Gasteiger partial charge in [0.05, 0.1) is 18.6 Å². The molecule has 2 aliphatic heterocycles. The molecule has 126 valence electrons. The molecule has 2 aliphatic rings. The Balaban J connectivity index is 1.52. The monoisotopic (exact) mass is 320 g/mol. The van der Waals surface area contributed by atoms with Crippen LogP contribution in [0, 0.1) is 0 Å². The maximum atomic E-state index is 12.4. The highest BCUT2D eigenvalue weighted by atomic mass is 16.5. The molecule has 0 radical (unpaired) electrons. The molecule has 1 aromatic heterocycles. The molecule has 2 amide bonds. The number of aromatic nitrogens is 2. The summed E-state index contributed by atoms with van der Waals surface area (Å²) in [5.41, 5.74) is 0. The maximum Gasteiger partial charge on any atom is 0.225 e. The van der Waals surface area contributed by atoms with Gasteiger partial charge in [-0.05, 0) is 25.7 Å². The number of nitrogens with one attached hydrogen (secondary N) is 1. The molecular formula is C16H24N4O3. The van der Waals surface area contributed by atoms with Crippen molar-refractivity contribution in [1.82, 2.24) is 14.7 Å². The van der Waals surface area contributed by atoms with Crippen molar-refractivity contribution in [3.8, 4) is 0 Å². The van der Waals surface area contributed by atoms with Crippen molar-refractivity contribution in [2.45, 2.75) is 51.2 Å². The molecule has 3 rings (SSSR count). The van der Waals surface area contributed by atoms with Gasteiger partial charge in [-0.25, -0.2) is 0 Å². The molecule has 2 atom stereocenters. The number of hydrogen-bond acceptors (Lipinski definition) is 4. The van der Waals surface area contributed by atoms with Gasteiger partial charge < -0.3 is 15.0 Å². The van der Waals surface area contributed by atoms with E-state index in [9.17, 15) is 9.59 Å². The number of likely N-dealkylation sites (tertiary alicyclic amines) is 1. The summed E-state index contributed by atoms with van der Waals surface area (Å²) in [6, 6.07) is 1.95. The number of rotatable bonds is 4. The fourth-order valence-corrected chi connectivity index (χ4v) is 3.26. The van der Waals surface area contributed by atoms with E-state index in [2.05, 4.69) is 10.4 Å². The quantitative estimate of drug-likeness (QED) is 0.914. The van der Waals surface area contributed by atoms with Crippen LogP contribution in [0.5, 0.6) is 0 Å². The molecule has 7 heteroatoms. The molecule has 0 unspecified atom stereocenters. The molecule has 1 aromatic rings. The van der Waals surface area contributed by atoms with Gasteiger partial charge in [-0.2, -0.15) is 5.10 Å². The summed E-state index contributed by atoms with van der Waals surface area (Å²) in [5.74, 6) is 0.595. The molecule has 0 aromatic carbocycles. The molecule has 0 bridgehead atoms. The lowest BCUT2D eigenvalue weighted by Crippen LogP contribution is -2.33. The van der Waals surface area contributed by atoms with Gasteiger partial charge in [-0.15, -0.1) is 0 Å². The first-order valence-electron chi connectivity index (χ1n) is 8.34. The Morgan fingerprint density at radius 3 is 3.00 bits per heavy atom. The molecule has 0 spiro atoms. The van der Waals surface area contributed by atoms with Gasteiger partial charge in [0, 0.05) is 38.9 Å². The Morgan fingerprint density at radius 2 is 2.26 bits per heavy atom. The van der Waals surface area contributed by atoms with E-state index in [4.69, 9.17) is 4.74 Å². The number of carbonyl (C=O) groups excluding carboxylic acids is 2. The Morgan fingerprint density at radius 1 is 1.39 bits per heavy atom. The lowest BCUT2D eigenvalue weighted by atomic mass is 10.1. The zero-order chi connectivity index (χ0) is 16.2.